The summed E-state index contributed by atoms with van der Waals surface area (Å²) in [7, 11) is 0. The molecule has 0 N–H and O–H groups in total. The SMILES string of the molecule is Cc1ccc(C#N)c(-n2nnc3ccccc32)c1. The van der Waals surface area contributed by atoms with E-state index in [9.17, 15) is 0 Å². The molecular weight excluding hydrogens is 224 g/mol. The maximum absolute atomic E-state index is 9.17. The maximum atomic E-state index is 9.17. The summed E-state index contributed by atoms with van der Waals surface area (Å²) < 4.78 is 1.71. The third-order valence-electron chi connectivity index (χ3n) is 2.85. The molecule has 0 aliphatic rings. The number of hydrogen-bond acceptors (Lipinski definition) is 3. The van der Waals surface area contributed by atoms with E-state index >= 15 is 0 Å². The molecule has 0 saturated carbocycles. The Morgan fingerprint density at radius 2 is 2.00 bits per heavy atom. The molecule has 4 nitrogen and oxygen atoms in total. The number of nitriles is 1. The number of benzene rings is 2. The molecule has 0 fully saturated rings. The van der Waals surface area contributed by atoms with E-state index in [2.05, 4.69) is 16.4 Å². The van der Waals surface area contributed by atoms with Crippen LogP contribution in [0.4, 0.5) is 0 Å². The number of hydrogen-bond donors (Lipinski definition) is 0. The van der Waals surface area contributed by atoms with Gasteiger partial charge >= 0.3 is 0 Å². The fourth-order valence-corrected chi connectivity index (χ4v) is 1.96. The third kappa shape index (κ3) is 1.54. The van der Waals surface area contributed by atoms with Crippen LogP contribution in [0.5, 0.6) is 0 Å². The van der Waals surface area contributed by atoms with Crippen LogP contribution >= 0.6 is 0 Å². The fourth-order valence-electron chi connectivity index (χ4n) is 1.96. The normalized spacial score (nSPS) is 10.4. The summed E-state index contributed by atoms with van der Waals surface area (Å²) in [5, 5.41) is 17.4. The molecule has 0 spiro atoms. The highest BCUT2D eigenvalue weighted by Crippen LogP contribution is 2.20. The van der Waals surface area contributed by atoms with Crippen molar-refractivity contribution in [3.8, 4) is 11.8 Å². The zero-order chi connectivity index (χ0) is 12.5. The molecule has 18 heavy (non-hydrogen) atoms. The lowest BCUT2D eigenvalue weighted by Crippen LogP contribution is -2.00. The zero-order valence-electron chi connectivity index (χ0n) is 9.83. The van der Waals surface area contributed by atoms with E-state index in [4.69, 9.17) is 5.26 Å². The standard InChI is InChI=1S/C14H10N4/c1-10-6-7-11(9-15)14(8-10)18-13-5-3-2-4-12(13)16-17-18/h2-8H,1H3. The van der Waals surface area contributed by atoms with Crippen molar-refractivity contribution in [3.05, 3.63) is 53.6 Å². The molecule has 0 saturated heterocycles. The smallest absolute Gasteiger partial charge is 0.113 e. The van der Waals surface area contributed by atoms with E-state index in [0.717, 1.165) is 22.3 Å². The van der Waals surface area contributed by atoms with Crippen molar-refractivity contribution >= 4 is 11.0 Å². The molecule has 0 aliphatic carbocycles. The first-order valence-electron chi connectivity index (χ1n) is 5.61. The van der Waals surface area contributed by atoms with Crippen molar-refractivity contribution in [2.24, 2.45) is 0 Å². The summed E-state index contributed by atoms with van der Waals surface area (Å²) >= 11 is 0. The number of aryl methyl sites for hydroxylation is 1. The van der Waals surface area contributed by atoms with Crippen molar-refractivity contribution in [2.45, 2.75) is 6.92 Å². The van der Waals surface area contributed by atoms with Gasteiger partial charge in [0.15, 0.2) is 0 Å². The first-order valence-corrected chi connectivity index (χ1v) is 5.61. The monoisotopic (exact) mass is 234 g/mol. The first kappa shape index (κ1) is 10.5. The van der Waals surface area contributed by atoms with Crippen LogP contribution in [0.3, 0.4) is 0 Å². The summed E-state index contributed by atoms with van der Waals surface area (Å²) in [6.07, 6.45) is 0. The second kappa shape index (κ2) is 3.97. The van der Waals surface area contributed by atoms with Crippen LogP contribution in [0.1, 0.15) is 11.1 Å². The Hall–Kier alpha value is -2.67. The van der Waals surface area contributed by atoms with Crippen LogP contribution in [-0.4, -0.2) is 15.0 Å². The second-order valence-corrected chi connectivity index (χ2v) is 4.12. The van der Waals surface area contributed by atoms with E-state index in [1.165, 1.54) is 0 Å². The minimum atomic E-state index is 0.594. The Bertz CT molecular complexity index is 765. The molecule has 2 aromatic carbocycles. The van der Waals surface area contributed by atoms with Crippen LogP contribution in [0.25, 0.3) is 16.7 Å². The molecule has 1 heterocycles. The minimum absolute atomic E-state index is 0.594. The lowest BCUT2D eigenvalue weighted by molar-refractivity contribution is 0.821. The van der Waals surface area contributed by atoms with Gasteiger partial charge in [-0.3, -0.25) is 0 Å². The van der Waals surface area contributed by atoms with Crippen LogP contribution < -0.4 is 0 Å². The summed E-state index contributed by atoms with van der Waals surface area (Å²) in [5.74, 6) is 0. The highest BCUT2D eigenvalue weighted by Gasteiger charge is 2.10. The van der Waals surface area contributed by atoms with Crippen molar-refractivity contribution in [1.29, 1.82) is 5.26 Å². The van der Waals surface area contributed by atoms with Gasteiger partial charge in [-0.2, -0.15) is 5.26 Å². The largest absolute Gasteiger partial charge is 0.211 e. The van der Waals surface area contributed by atoms with E-state index < -0.39 is 0 Å². The highest BCUT2D eigenvalue weighted by molar-refractivity contribution is 5.76. The van der Waals surface area contributed by atoms with Crippen molar-refractivity contribution in [2.75, 3.05) is 0 Å². The summed E-state index contributed by atoms with van der Waals surface area (Å²) in [4.78, 5) is 0. The molecule has 0 amide bonds. The van der Waals surface area contributed by atoms with Gasteiger partial charge in [-0.15, -0.1) is 5.10 Å². The lowest BCUT2D eigenvalue weighted by atomic mass is 10.1. The molecule has 86 valence electrons. The van der Waals surface area contributed by atoms with Crippen molar-refractivity contribution < 1.29 is 0 Å². The summed E-state index contributed by atoms with van der Waals surface area (Å²) in [5.41, 5.74) is 4.17. The third-order valence-corrected chi connectivity index (χ3v) is 2.85. The van der Waals surface area contributed by atoms with Gasteiger partial charge in [0, 0.05) is 0 Å². The van der Waals surface area contributed by atoms with Crippen LogP contribution in [-0.2, 0) is 0 Å². The van der Waals surface area contributed by atoms with Gasteiger partial charge in [-0.25, -0.2) is 4.68 Å². The average Bonchev–Trinajstić information content (AvgIpc) is 2.82. The molecule has 0 radical (unpaired) electrons. The Kier molecular flexibility index (Phi) is 2.31. The molecule has 1 aromatic heterocycles. The molecule has 3 rings (SSSR count). The van der Waals surface area contributed by atoms with Gasteiger partial charge in [0.25, 0.3) is 0 Å². The quantitative estimate of drug-likeness (QED) is 0.650. The Morgan fingerprint density at radius 1 is 1.17 bits per heavy atom. The molecule has 0 aliphatic heterocycles. The molecule has 0 bridgehead atoms. The number of rotatable bonds is 1. The van der Waals surface area contributed by atoms with Gasteiger partial charge in [0.05, 0.1) is 16.8 Å². The van der Waals surface area contributed by atoms with E-state index in [1.54, 1.807) is 10.7 Å². The zero-order valence-corrected chi connectivity index (χ0v) is 9.83. The Balaban J connectivity index is 2.33. The van der Waals surface area contributed by atoms with E-state index in [0.29, 0.717) is 5.56 Å². The fraction of sp³-hybridized carbons (Fsp3) is 0.0714. The Morgan fingerprint density at radius 3 is 2.83 bits per heavy atom. The predicted octanol–water partition coefficient (Wildman–Crippen LogP) is 2.60. The van der Waals surface area contributed by atoms with Crippen LogP contribution in [0.2, 0.25) is 0 Å². The van der Waals surface area contributed by atoms with Crippen LogP contribution in [0.15, 0.2) is 42.5 Å². The molecule has 0 atom stereocenters. The highest BCUT2D eigenvalue weighted by atomic mass is 15.4. The molecular formula is C14H10N4. The molecule has 3 aromatic rings. The van der Waals surface area contributed by atoms with Crippen molar-refractivity contribution in [1.82, 2.24) is 15.0 Å². The summed E-state index contributed by atoms with van der Waals surface area (Å²) in [6.45, 7) is 1.99. The number of aromatic nitrogens is 3. The topological polar surface area (TPSA) is 54.5 Å². The molecule has 4 heteroatoms. The summed E-state index contributed by atoms with van der Waals surface area (Å²) in [6, 6.07) is 15.6. The van der Waals surface area contributed by atoms with Gasteiger partial charge in [0.1, 0.15) is 11.6 Å². The molecule has 0 unspecified atom stereocenters. The van der Waals surface area contributed by atoms with Crippen molar-refractivity contribution in [3.63, 3.8) is 0 Å². The second-order valence-electron chi connectivity index (χ2n) is 4.12. The van der Waals surface area contributed by atoms with Crippen LogP contribution in [0, 0.1) is 18.3 Å². The van der Waals surface area contributed by atoms with Gasteiger partial charge in [-0.05, 0) is 36.8 Å². The van der Waals surface area contributed by atoms with Gasteiger partial charge in [0.2, 0.25) is 0 Å². The Labute approximate surface area is 104 Å². The lowest BCUT2D eigenvalue weighted by Gasteiger charge is -2.05. The van der Waals surface area contributed by atoms with E-state index in [1.807, 2.05) is 43.3 Å². The number of nitrogens with zero attached hydrogens (tertiary/aromatic N) is 4. The maximum Gasteiger partial charge on any atom is 0.113 e. The number of fused-ring (bicyclic) bond motifs is 1. The van der Waals surface area contributed by atoms with E-state index in [-0.39, 0.29) is 0 Å². The first-order chi connectivity index (χ1) is 8.79. The average molecular weight is 234 g/mol. The van der Waals surface area contributed by atoms with Gasteiger partial charge in [-0.1, -0.05) is 23.4 Å². The minimum Gasteiger partial charge on any atom is -0.211 e. The predicted molar refractivity (Wildman–Crippen MR) is 68.3 cm³/mol. The number of para-hydroxylation sites is 1. The van der Waals surface area contributed by atoms with Gasteiger partial charge < -0.3 is 0 Å².